The number of hydrogen-bond donors (Lipinski definition) is 0. The lowest BCUT2D eigenvalue weighted by molar-refractivity contribution is 0.842. The van der Waals surface area contributed by atoms with Gasteiger partial charge in [0.1, 0.15) is 0 Å². The van der Waals surface area contributed by atoms with Gasteiger partial charge in [0.15, 0.2) is 5.65 Å². The third kappa shape index (κ3) is 1.70. The molecule has 4 aromatic rings. The molecule has 7 nitrogen and oxygen atoms in total. The van der Waals surface area contributed by atoms with Crippen LogP contribution in [0.25, 0.3) is 38.1 Å². The van der Waals surface area contributed by atoms with E-state index in [1.54, 1.807) is 4.52 Å². The molecule has 0 atom stereocenters. The van der Waals surface area contributed by atoms with Crippen LogP contribution >= 0.6 is 0 Å². The average molecular weight is 287 g/mol. The fourth-order valence-electron chi connectivity index (χ4n) is 2.62. The van der Waals surface area contributed by atoms with Crippen LogP contribution in [-0.2, 0) is 0 Å². The van der Waals surface area contributed by atoms with Gasteiger partial charge in [-0.25, -0.2) is 0 Å². The summed E-state index contributed by atoms with van der Waals surface area (Å²) in [6, 6.07) is 17.2. The molecule has 2 aromatic carbocycles. The topological polar surface area (TPSA) is 91.8 Å². The van der Waals surface area contributed by atoms with E-state index in [9.17, 15) is 0 Å². The van der Waals surface area contributed by atoms with Crippen molar-refractivity contribution < 1.29 is 0 Å². The van der Waals surface area contributed by atoms with E-state index >= 15 is 0 Å². The van der Waals surface area contributed by atoms with E-state index in [1.165, 1.54) is 0 Å². The maximum absolute atomic E-state index is 8.97. The first-order chi connectivity index (χ1) is 10.9. The van der Waals surface area contributed by atoms with Crippen LogP contribution in [0.1, 0.15) is 0 Å². The van der Waals surface area contributed by atoms with Crippen LogP contribution in [0.2, 0.25) is 0 Å². The molecule has 0 aliphatic heterocycles. The van der Waals surface area contributed by atoms with Crippen molar-refractivity contribution in [2.45, 2.75) is 0 Å². The molecule has 0 aliphatic rings. The van der Waals surface area contributed by atoms with Crippen LogP contribution in [0, 0.1) is 0 Å². The maximum Gasteiger partial charge on any atom is 0.188 e. The van der Waals surface area contributed by atoms with E-state index in [1.807, 2.05) is 54.6 Å². The van der Waals surface area contributed by atoms with Gasteiger partial charge in [-0.05, 0) is 27.6 Å². The van der Waals surface area contributed by atoms with Gasteiger partial charge in [0.05, 0.1) is 11.2 Å². The molecule has 0 amide bonds. The number of azide groups is 1. The second-order valence-corrected chi connectivity index (χ2v) is 4.71. The fraction of sp³-hybridized carbons (Fsp3) is 0. The van der Waals surface area contributed by atoms with E-state index in [-0.39, 0.29) is 0 Å². The first-order valence-electron chi connectivity index (χ1n) is 6.63. The third-order valence-corrected chi connectivity index (χ3v) is 3.52. The van der Waals surface area contributed by atoms with Crippen molar-refractivity contribution in [1.82, 2.24) is 20.0 Å². The Balaban J connectivity index is 2.28. The number of tetrazole rings is 1. The quantitative estimate of drug-likeness (QED) is 0.318. The number of rotatable bonds is 2. The zero-order valence-corrected chi connectivity index (χ0v) is 11.3. The molecule has 0 bridgehead atoms. The Morgan fingerprint density at radius 2 is 1.77 bits per heavy atom. The van der Waals surface area contributed by atoms with Crippen LogP contribution in [-0.4, -0.2) is 20.0 Å². The Hall–Kier alpha value is -3.44. The Bertz CT molecular complexity index is 1030. The van der Waals surface area contributed by atoms with Gasteiger partial charge in [-0.1, -0.05) is 53.6 Å². The van der Waals surface area contributed by atoms with E-state index in [0.717, 1.165) is 22.0 Å². The van der Waals surface area contributed by atoms with Gasteiger partial charge in [-0.3, -0.25) is 0 Å². The summed E-state index contributed by atoms with van der Waals surface area (Å²) in [6.45, 7) is 0. The second-order valence-electron chi connectivity index (χ2n) is 4.71. The summed E-state index contributed by atoms with van der Waals surface area (Å²) in [5.41, 5.74) is 12.5. The summed E-state index contributed by atoms with van der Waals surface area (Å²) in [7, 11) is 0. The lowest BCUT2D eigenvalue weighted by Gasteiger charge is -2.10. The smallest absolute Gasteiger partial charge is 0.188 e. The first kappa shape index (κ1) is 12.3. The zero-order valence-electron chi connectivity index (χ0n) is 11.3. The number of pyridine rings is 1. The normalized spacial score (nSPS) is 10.7. The first-order valence-corrected chi connectivity index (χ1v) is 6.63. The number of aromatic nitrogens is 4. The van der Waals surface area contributed by atoms with Gasteiger partial charge in [0, 0.05) is 15.9 Å². The molecule has 7 heteroatoms. The predicted octanol–water partition coefficient (Wildman–Crippen LogP) is 3.89. The van der Waals surface area contributed by atoms with Gasteiger partial charge in [-0.2, -0.15) is 4.52 Å². The number of hydrogen-bond acceptors (Lipinski definition) is 4. The molecule has 0 saturated carbocycles. The largest absolute Gasteiger partial charge is 0.192 e. The monoisotopic (exact) mass is 287 g/mol. The number of benzene rings is 2. The van der Waals surface area contributed by atoms with E-state index in [4.69, 9.17) is 5.53 Å². The molecule has 22 heavy (non-hydrogen) atoms. The fourth-order valence-corrected chi connectivity index (χ4v) is 2.62. The van der Waals surface area contributed by atoms with Crippen molar-refractivity contribution >= 4 is 22.2 Å². The van der Waals surface area contributed by atoms with Crippen LogP contribution in [0.4, 0.5) is 5.69 Å². The van der Waals surface area contributed by atoms with Crippen molar-refractivity contribution in [2.24, 2.45) is 5.11 Å². The Morgan fingerprint density at radius 1 is 1.00 bits per heavy atom. The highest BCUT2D eigenvalue weighted by atomic mass is 15.5. The summed E-state index contributed by atoms with van der Waals surface area (Å²) in [5.74, 6) is 0. The minimum atomic E-state index is 0.534. The molecule has 104 valence electrons. The van der Waals surface area contributed by atoms with E-state index in [2.05, 4.69) is 25.6 Å². The second kappa shape index (κ2) is 4.83. The predicted molar refractivity (Wildman–Crippen MR) is 82.5 cm³/mol. The standard InChI is InChI=1S/C15H9N7/c16-19-17-14-11-8-4-5-9-12(11)22-15(18-20-21-22)13(14)10-6-2-1-3-7-10/h1-9H. The molecule has 2 heterocycles. The van der Waals surface area contributed by atoms with Crippen molar-refractivity contribution in [3.8, 4) is 11.1 Å². The van der Waals surface area contributed by atoms with Crippen LogP contribution in [0.3, 0.4) is 0 Å². The highest BCUT2D eigenvalue weighted by molar-refractivity contribution is 6.03. The summed E-state index contributed by atoms with van der Waals surface area (Å²) in [5, 5.41) is 16.6. The maximum atomic E-state index is 8.97. The molecule has 0 unspecified atom stereocenters. The SMILES string of the molecule is [N-]=[N+]=Nc1c(-c2ccccc2)c2nnnn2c2ccccc12. The lowest BCUT2D eigenvalue weighted by Crippen LogP contribution is -1.94. The molecule has 0 N–H and O–H groups in total. The van der Waals surface area contributed by atoms with Crippen LogP contribution < -0.4 is 0 Å². The number of para-hydroxylation sites is 1. The lowest BCUT2D eigenvalue weighted by atomic mass is 10.0. The molecule has 0 radical (unpaired) electrons. The summed E-state index contributed by atoms with van der Waals surface area (Å²) in [4.78, 5) is 2.98. The molecule has 0 spiro atoms. The van der Waals surface area contributed by atoms with Crippen LogP contribution in [0.5, 0.6) is 0 Å². The van der Waals surface area contributed by atoms with Gasteiger partial charge in [-0.15, -0.1) is 5.10 Å². The molecule has 2 aromatic heterocycles. The van der Waals surface area contributed by atoms with E-state index in [0.29, 0.717) is 11.3 Å². The highest BCUT2D eigenvalue weighted by Gasteiger charge is 2.17. The van der Waals surface area contributed by atoms with Crippen molar-refractivity contribution in [3.63, 3.8) is 0 Å². The summed E-state index contributed by atoms with van der Waals surface area (Å²) in [6.07, 6.45) is 0. The molecule has 0 aliphatic carbocycles. The molecule has 0 fully saturated rings. The minimum absolute atomic E-state index is 0.534. The van der Waals surface area contributed by atoms with Crippen molar-refractivity contribution in [2.75, 3.05) is 0 Å². The van der Waals surface area contributed by atoms with Crippen LogP contribution in [0.15, 0.2) is 59.7 Å². The van der Waals surface area contributed by atoms with Gasteiger partial charge in [0.25, 0.3) is 0 Å². The number of nitrogens with zero attached hydrogens (tertiary/aromatic N) is 7. The molecule has 0 saturated heterocycles. The average Bonchev–Trinajstić information content (AvgIpc) is 3.05. The van der Waals surface area contributed by atoms with Crippen molar-refractivity contribution in [3.05, 3.63) is 65.0 Å². The molecular formula is C15H9N7. The van der Waals surface area contributed by atoms with Gasteiger partial charge >= 0.3 is 0 Å². The van der Waals surface area contributed by atoms with E-state index < -0.39 is 0 Å². The van der Waals surface area contributed by atoms with Gasteiger partial charge in [0.2, 0.25) is 0 Å². The highest BCUT2D eigenvalue weighted by Crippen LogP contribution is 2.39. The summed E-state index contributed by atoms with van der Waals surface area (Å²) >= 11 is 0. The van der Waals surface area contributed by atoms with Gasteiger partial charge < -0.3 is 0 Å². The Labute approximate surface area is 124 Å². The number of fused-ring (bicyclic) bond motifs is 3. The Kier molecular flexibility index (Phi) is 2.71. The summed E-state index contributed by atoms with van der Waals surface area (Å²) < 4.78 is 1.66. The van der Waals surface area contributed by atoms with Crippen molar-refractivity contribution in [1.29, 1.82) is 0 Å². The molecule has 4 rings (SSSR count). The zero-order chi connectivity index (χ0) is 14.9. The minimum Gasteiger partial charge on any atom is -0.192 e. The Morgan fingerprint density at radius 3 is 2.59 bits per heavy atom. The third-order valence-electron chi connectivity index (χ3n) is 3.52. The molecular weight excluding hydrogens is 278 g/mol.